The van der Waals surface area contributed by atoms with Crippen LogP contribution in [-0.2, 0) is 4.79 Å². The molecule has 8 nitrogen and oxygen atoms in total. The molecule has 0 spiro atoms. The van der Waals surface area contributed by atoms with Crippen molar-refractivity contribution >= 4 is 29.4 Å². The van der Waals surface area contributed by atoms with Gasteiger partial charge in [0.15, 0.2) is 0 Å². The third-order valence-electron chi connectivity index (χ3n) is 6.32. The highest BCUT2D eigenvalue weighted by molar-refractivity contribution is 6.16. The summed E-state index contributed by atoms with van der Waals surface area (Å²) in [7, 11) is 0. The molecule has 0 aromatic carbocycles. The number of hydrogen-bond acceptors (Lipinski definition) is 6. The summed E-state index contributed by atoms with van der Waals surface area (Å²) in [5, 5.41) is 2.97. The topological polar surface area (TPSA) is 90.3 Å². The Balaban J connectivity index is 1.14. The number of aliphatic imine (C=N–C) groups is 2. The predicted molar refractivity (Wildman–Crippen MR) is 125 cm³/mol. The van der Waals surface area contributed by atoms with Gasteiger partial charge in [-0.25, -0.2) is 9.98 Å². The fourth-order valence-corrected chi connectivity index (χ4v) is 4.22. The first-order valence-electron chi connectivity index (χ1n) is 11.4. The first-order valence-corrected chi connectivity index (χ1v) is 11.4. The molecule has 1 saturated heterocycles. The lowest BCUT2D eigenvalue weighted by atomic mass is 9.98. The van der Waals surface area contributed by atoms with Crippen molar-refractivity contribution in [2.45, 2.75) is 38.3 Å². The minimum atomic E-state index is -0.135. The van der Waals surface area contributed by atoms with Crippen LogP contribution in [0, 0.1) is 0 Å². The normalized spacial score (nSPS) is 23.3. The second-order valence-electron chi connectivity index (χ2n) is 8.74. The average Bonchev–Trinajstić information content (AvgIpc) is 3.63. The van der Waals surface area contributed by atoms with Gasteiger partial charge in [0, 0.05) is 50.6 Å². The maximum absolute atomic E-state index is 12.1. The number of carbonyl (C=O) groups excluding carboxylic acids is 2. The zero-order valence-electron chi connectivity index (χ0n) is 18.3. The van der Waals surface area contributed by atoms with E-state index in [0.29, 0.717) is 18.2 Å². The molecule has 0 bridgehead atoms. The number of dihydropyridines is 2. The van der Waals surface area contributed by atoms with Gasteiger partial charge in [-0.2, -0.15) is 0 Å². The van der Waals surface area contributed by atoms with E-state index < -0.39 is 0 Å². The molecule has 4 aliphatic rings. The molecule has 1 atom stereocenters. The van der Waals surface area contributed by atoms with Gasteiger partial charge in [-0.1, -0.05) is 6.92 Å². The van der Waals surface area contributed by atoms with Gasteiger partial charge in [0.2, 0.25) is 0 Å². The Bertz CT molecular complexity index is 1030. The molecule has 0 radical (unpaired) electrons. The number of hydrogen-bond donors (Lipinski definition) is 1. The minimum absolute atomic E-state index is 0.0841. The maximum atomic E-state index is 12.1. The molecule has 1 N–H and O–H groups in total. The van der Waals surface area contributed by atoms with Crippen LogP contribution in [0.5, 0.6) is 0 Å². The molecule has 8 heteroatoms. The van der Waals surface area contributed by atoms with E-state index in [-0.39, 0.29) is 17.9 Å². The summed E-state index contributed by atoms with van der Waals surface area (Å²) in [6, 6.07) is 4.01. The van der Waals surface area contributed by atoms with Crippen molar-refractivity contribution in [3.8, 4) is 0 Å². The van der Waals surface area contributed by atoms with E-state index in [1.54, 1.807) is 6.20 Å². The number of aromatic nitrogens is 1. The van der Waals surface area contributed by atoms with E-state index >= 15 is 0 Å². The van der Waals surface area contributed by atoms with E-state index in [0.717, 1.165) is 68.1 Å². The zero-order chi connectivity index (χ0) is 22.1. The lowest BCUT2D eigenvalue weighted by molar-refractivity contribution is -0.114. The lowest BCUT2D eigenvalue weighted by Gasteiger charge is -2.36. The summed E-state index contributed by atoms with van der Waals surface area (Å²) in [5.41, 5.74) is 4.10. The second-order valence-corrected chi connectivity index (χ2v) is 8.74. The molecule has 1 aliphatic carbocycles. The van der Waals surface area contributed by atoms with Crippen molar-refractivity contribution in [2.75, 3.05) is 37.6 Å². The molecule has 1 unspecified atom stereocenters. The van der Waals surface area contributed by atoms with Gasteiger partial charge in [-0.05, 0) is 49.1 Å². The van der Waals surface area contributed by atoms with Crippen molar-refractivity contribution < 1.29 is 9.59 Å². The fraction of sp³-hybridized carbons (Fsp3) is 0.458. The van der Waals surface area contributed by atoms with Crippen LogP contribution in [0.25, 0.3) is 0 Å². The van der Waals surface area contributed by atoms with Crippen LogP contribution in [0.3, 0.4) is 0 Å². The van der Waals surface area contributed by atoms with Crippen LogP contribution in [0.1, 0.15) is 36.7 Å². The number of nitrogens with one attached hydrogen (secondary N) is 1. The molecule has 2 fully saturated rings. The van der Waals surface area contributed by atoms with Gasteiger partial charge >= 0.3 is 0 Å². The molecule has 1 aromatic rings. The molecule has 1 aromatic heterocycles. The highest BCUT2D eigenvalue weighted by atomic mass is 16.2. The summed E-state index contributed by atoms with van der Waals surface area (Å²) < 4.78 is 0. The van der Waals surface area contributed by atoms with Gasteiger partial charge < -0.3 is 10.2 Å². The monoisotopic (exact) mass is 432 g/mol. The van der Waals surface area contributed by atoms with Crippen molar-refractivity contribution in [3.05, 3.63) is 47.3 Å². The van der Waals surface area contributed by atoms with Crippen LogP contribution in [-0.4, -0.2) is 78.4 Å². The zero-order valence-corrected chi connectivity index (χ0v) is 18.3. The van der Waals surface area contributed by atoms with E-state index in [1.165, 1.54) is 0 Å². The number of amides is 2. The number of carbonyl (C=O) groups is 2. The SMILES string of the molecule is CCC1=CC2N=CC(CN3CCN(c4ccc(C(=O)NC5CC5)nc4)CC3)=CC2=NC1=O. The van der Waals surface area contributed by atoms with Gasteiger partial charge in [-0.3, -0.25) is 19.5 Å². The van der Waals surface area contributed by atoms with Crippen molar-refractivity contribution in [3.63, 3.8) is 0 Å². The molecule has 2 amide bonds. The first-order chi connectivity index (χ1) is 15.6. The van der Waals surface area contributed by atoms with Crippen molar-refractivity contribution in [2.24, 2.45) is 9.98 Å². The number of rotatable bonds is 6. The second kappa shape index (κ2) is 8.78. The molecule has 4 heterocycles. The molecular weight excluding hydrogens is 404 g/mol. The first kappa shape index (κ1) is 20.8. The van der Waals surface area contributed by atoms with Gasteiger partial charge in [-0.15, -0.1) is 0 Å². The highest BCUT2D eigenvalue weighted by Crippen LogP contribution is 2.21. The van der Waals surface area contributed by atoms with E-state index in [2.05, 4.69) is 30.1 Å². The average molecular weight is 433 g/mol. The van der Waals surface area contributed by atoms with Gasteiger partial charge in [0.25, 0.3) is 11.8 Å². The van der Waals surface area contributed by atoms with Crippen LogP contribution in [0.2, 0.25) is 0 Å². The smallest absolute Gasteiger partial charge is 0.272 e. The molecule has 32 heavy (non-hydrogen) atoms. The van der Waals surface area contributed by atoms with E-state index in [1.807, 2.05) is 37.4 Å². The van der Waals surface area contributed by atoms with Gasteiger partial charge in [0.05, 0.1) is 17.6 Å². The molecule has 3 aliphatic heterocycles. The summed E-state index contributed by atoms with van der Waals surface area (Å²) in [4.78, 5) is 42.1. The third-order valence-corrected chi connectivity index (χ3v) is 6.32. The lowest BCUT2D eigenvalue weighted by Crippen LogP contribution is -2.47. The Morgan fingerprint density at radius 1 is 1.19 bits per heavy atom. The minimum Gasteiger partial charge on any atom is -0.368 e. The number of anilines is 1. The summed E-state index contributed by atoms with van der Waals surface area (Å²) in [6.07, 6.45) is 10.5. The number of pyridine rings is 1. The van der Waals surface area contributed by atoms with Crippen LogP contribution in [0.4, 0.5) is 5.69 Å². The van der Waals surface area contributed by atoms with Crippen molar-refractivity contribution in [1.29, 1.82) is 0 Å². The largest absolute Gasteiger partial charge is 0.368 e. The summed E-state index contributed by atoms with van der Waals surface area (Å²) in [5.74, 6) is -0.219. The molecular formula is C24H28N6O2. The molecule has 5 rings (SSSR count). The number of piperazine rings is 1. The number of nitrogens with zero attached hydrogens (tertiary/aromatic N) is 5. The molecule has 166 valence electrons. The number of fused-ring (bicyclic) bond motifs is 1. The van der Waals surface area contributed by atoms with Gasteiger partial charge in [0.1, 0.15) is 11.7 Å². The third kappa shape index (κ3) is 4.55. The van der Waals surface area contributed by atoms with Crippen molar-refractivity contribution in [1.82, 2.24) is 15.2 Å². The Labute approximate surface area is 187 Å². The predicted octanol–water partition coefficient (Wildman–Crippen LogP) is 1.79. The maximum Gasteiger partial charge on any atom is 0.272 e. The summed E-state index contributed by atoms with van der Waals surface area (Å²) in [6.45, 7) is 6.39. The fourth-order valence-electron chi connectivity index (χ4n) is 4.22. The Kier molecular flexibility index (Phi) is 5.70. The quantitative estimate of drug-likeness (QED) is 0.740. The van der Waals surface area contributed by atoms with Crippen LogP contribution < -0.4 is 10.2 Å². The Hall–Kier alpha value is -3.13. The van der Waals surface area contributed by atoms with Crippen LogP contribution >= 0.6 is 0 Å². The van der Waals surface area contributed by atoms with E-state index in [4.69, 9.17) is 0 Å². The van der Waals surface area contributed by atoms with Crippen LogP contribution in [0.15, 0.2) is 51.6 Å². The Morgan fingerprint density at radius 2 is 2.00 bits per heavy atom. The summed E-state index contributed by atoms with van der Waals surface area (Å²) >= 11 is 0. The van der Waals surface area contributed by atoms with E-state index in [9.17, 15) is 9.59 Å². The standard InChI is InChI=1S/C24H28N6O2/c1-2-17-12-21-22(28-23(17)31)11-16(13-25-21)15-29-7-9-30(10-8-29)19-5-6-20(26-14-19)24(32)27-18-3-4-18/h5-6,11-14,18,21H,2-4,7-10,15H2,1H3,(H,27,32). The highest BCUT2D eigenvalue weighted by Gasteiger charge is 2.26. The molecule has 1 saturated carbocycles. The Morgan fingerprint density at radius 3 is 2.69 bits per heavy atom.